The van der Waals surface area contributed by atoms with Crippen molar-refractivity contribution < 1.29 is 19.5 Å². The van der Waals surface area contributed by atoms with Gasteiger partial charge in [0.1, 0.15) is 12.1 Å². The zero-order valence-electron chi connectivity index (χ0n) is 22.5. The molecule has 0 aromatic heterocycles. The van der Waals surface area contributed by atoms with Crippen LogP contribution in [0.25, 0.3) is 0 Å². The second-order valence-corrected chi connectivity index (χ2v) is 10.1. The maximum Gasteiger partial charge on any atom is 0.326 e. The zero-order valence-corrected chi connectivity index (χ0v) is 22.5. The van der Waals surface area contributed by atoms with E-state index < -0.39 is 18.1 Å². The first-order valence-electron chi connectivity index (χ1n) is 14.2. The first kappa shape index (κ1) is 31.7. The van der Waals surface area contributed by atoms with Gasteiger partial charge in [-0.25, -0.2) is 4.79 Å². The van der Waals surface area contributed by atoms with Gasteiger partial charge in [0.2, 0.25) is 11.8 Å². The van der Waals surface area contributed by atoms with Crippen molar-refractivity contribution in [2.24, 2.45) is 16.5 Å². The molecule has 0 aromatic carbocycles. The van der Waals surface area contributed by atoms with Crippen LogP contribution >= 0.6 is 0 Å². The van der Waals surface area contributed by atoms with Crippen molar-refractivity contribution in [1.29, 1.82) is 0 Å². The summed E-state index contributed by atoms with van der Waals surface area (Å²) in [6.07, 6.45) is 18.7. The maximum absolute atomic E-state index is 12.8. The highest BCUT2D eigenvalue weighted by Crippen LogP contribution is 2.20. The molecule has 6 N–H and O–H groups in total. The van der Waals surface area contributed by atoms with Crippen molar-refractivity contribution in [3.63, 3.8) is 0 Å². The summed E-state index contributed by atoms with van der Waals surface area (Å²) in [6.45, 7) is 3.10. The summed E-state index contributed by atoms with van der Waals surface area (Å²) in [5.74, 6) is -1.54. The van der Waals surface area contributed by atoms with E-state index in [1.54, 1.807) is 4.90 Å². The van der Waals surface area contributed by atoms with Gasteiger partial charge in [-0.2, -0.15) is 0 Å². The molecular weight excluding hydrogens is 458 g/mol. The largest absolute Gasteiger partial charge is 0.480 e. The molecule has 1 aliphatic rings. The van der Waals surface area contributed by atoms with Crippen LogP contribution in [0.2, 0.25) is 0 Å². The van der Waals surface area contributed by atoms with Crippen LogP contribution in [0.4, 0.5) is 0 Å². The fraction of sp³-hybridized carbons (Fsp3) is 0.852. The van der Waals surface area contributed by atoms with E-state index in [1.165, 1.54) is 64.2 Å². The van der Waals surface area contributed by atoms with Crippen molar-refractivity contribution >= 4 is 23.7 Å². The molecule has 2 amide bonds. The molecule has 1 saturated heterocycles. The third kappa shape index (κ3) is 14.3. The number of nitrogens with two attached hydrogens (primary N) is 2. The van der Waals surface area contributed by atoms with Gasteiger partial charge < -0.3 is 26.8 Å². The third-order valence-electron chi connectivity index (χ3n) is 6.93. The Morgan fingerprint density at radius 3 is 2.00 bits per heavy atom. The van der Waals surface area contributed by atoms with Crippen LogP contribution in [-0.4, -0.2) is 58.9 Å². The number of rotatable bonds is 21. The van der Waals surface area contributed by atoms with E-state index in [4.69, 9.17) is 11.5 Å². The van der Waals surface area contributed by atoms with Crippen LogP contribution in [0.3, 0.4) is 0 Å². The lowest BCUT2D eigenvalue weighted by atomic mass is 10.0. The number of aliphatic carboxylic acids is 1. The molecule has 1 fully saturated rings. The van der Waals surface area contributed by atoms with Gasteiger partial charge in [0.15, 0.2) is 5.96 Å². The summed E-state index contributed by atoms with van der Waals surface area (Å²) in [4.78, 5) is 42.5. The molecule has 0 aliphatic carbocycles. The van der Waals surface area contributed by atoms with Crippen LogP contribution in [0.1, 0.15) is 122 Å². The van der Waals surface area contributed by atoms with E-state index in [0.29, 0.717) is 32.4 Å². The summed E-state index contributed by atoms with van der Waals surface area (Å²) in [6, 6.07) is -1.61. The second-order valence-electron chi connectivity index (χ2n) is 10.1. The summed E-state index contributed by atoms with van der Waals surface area (Å²) in [5, 5.41) is 12.1. The molecule has 1 heterocycles. The topological polar surface area (TPSA) is 151 Å². The minimum atomic E-state index is -1.10. The molecule has 0 aromatic rings. The third-order valence-corrected chi connectivity index (χ3v) is 6.93. The fourth-order valence-electron chi connectivity index (χ4n) is 4.80. The minimum absolute atomic E-state index is 0.00430. The van der Waals surface area contributed by atoms with Gasteiger partial charge >= 0.3 is 5.97 Å². The van der Waals surface area contributed by atoms with Crippen molar-refractivity contribution in [2.75, 3.05) is 13.1 Å². The van der Waals surface area contributed by atoms with Crippen LogP contribution in [-0.2, 0) is 14.4 Å². The average Bonchev–Trinajstić information content (AvgIpc) is 3.33. The predicted octanol–water partition coefficient (Wildman–Crippen LogP) is 4.08. The van der Waals surface area contributed by atoms with Gasteiger partial charge in [0.05, 0.1) is 0 Å². The highest BCUT2D eigenvalue weighted by Gasteiger charge is 2.35. The quantitative estimate of drug-likeness (QED) is 0.104. The second kappa shape index (κ2) is 19.8. The predicted molar refractivity (Wildman–Crippen MR) is 145 cm³/mol. The van der Waals surface area contributed by atoms with Crippen LogP contribution < -0.4 is 16.8 Å². The number of amides is 2. The summed E-state index contributed by atoms with van der Waals surface area (Å²) in [7, 11) is 0. The van der Waals surface area contributed by atoms with Gasteiger partial charge in [0, 0.05) is 19.5 Å². The molecule has 1 unspecified atom stereocenters. The van der Waals surface area contributed by atoms with Crippen molar-refractivity contribution in [1.82, 2.24) is 10.2 Å². The van der Waals surface area contributed by atoms with Crippen molar-refractivity contribution in [3.05, 3.63) is 0 Å². The molecule has 0 saturated carbocycles. The normalized spacial score (nSPS) is 16.0. The molecule has 208 valence electrons. The highest BCUT2D eigenvalue weighted by atomic mass is 16.4. The number of unbranched alkanes of at least 4 members (excludes halogenated alkanes) is 12. The number of carboxylic acid groups (broad SMARTS) is 1. The number of nitrogens with one attached hydrogen (secondary N) is 1. The lowest BCUT2D eigenvalue weighted by Gasteiger charge is -2.25. The Hall–Kier alpha value is -2.32. The number of carbonyl (C=O) groups is 3. The molecule has 9 heteroatoms. The van der Waals surface area contributed by atoms with E-state index in [-0.39, 0.29) is 24.2 Å². The van der Waals surface area contributed by atoms with Crippen LogP contribution in [0.15, 0.2) is 4.99 Å². The Kier molecular flexibility index (Phi) is 17.5. The molecule has 9 nitrogen and oxygen atoms in total. The van der Waals surface area contributed by atoms with Crippen molar-refractivity contribution in [2.45, 2.75) is 135 Å². The van der Waals surface area contributed by atoms with Gasteiger partial charge in [-0.1, -0.05) is 84.0 Å². The number of hydrogen-bond acceptors (Lipinski definition) is 4. The van der Waals surface area contributed by atoms with E-state index in [2.05, 4.69) is 17.2 Å². The molecule has 1 rings (SSSR count). The molecule has 2 atom stereocenters. The number of aliphatic imine (C=N–C) groups is 1. The number of nitrogens with zero attached hydrogens (tertiary/aromatic N) is 2. The molecule has 0 spiro atoms. The van der Waals surface area contributed by atoms with E-state index in [1.807, 2.05) is 0 Å². The van der Waals surface area contributed by atoms with Gasteiger partial charge in [-0.15, -0.1) is 0 Å². The smallest absolute Gasteiger partial charge is 0.326 e. The van der Waals surface area contributed by atoms with Crippen LogP contribution in [0.5, 0.6) is 0 Å². The number of guanidine groups is 1. The molecule has 36 heavy (non-hydrogen) atoms. The zero-order chi connectivity index (χ0) is 26.6. The van der Waals surface area contributed by atoms with Gasteiger partial charge in [0.25, 0.3) is 0 Å². The average molecular weight is 510 g/mol. The van der Waals surface area contributed by atoms with Crippen LogP contribution in [0, 0.1) is 0 Å². The maximum atomic E-state index is 12.8. The van der Waals surface area contributed by atoms with E-state index in [9.17, 15) is 19.5 Å². The van der Waals surface area contributed by atoms with E-state index in [0.717, 1.165) is 25.7 Å². The Balaban J connectivity index is 2.22. The number of carboxylic acids is 1. The Morgan fingerprint density at radius 1 is 0.917 bits per heavy atom. The Bertz CT molecular complexity index is 667. The molecule has 1 aliphatic heterocycles. The SMILES string of the molecule is CCCCCCCCCCCCCCCC(=O)N1CCCC1C(=O)N[C@@H](CCCN=C(N)N)C(=O)O. The van der Waals surface area contributed by atoms with Gasteiger partial charge in [-0.05, 0) is 32.1 Å². The molecular formula is C27H51N5O4. The standard InChI is InChI=1S/C27H51N5O4/c1-2-3-4-5-6-7-8-9-10-11-12-13-14-19-24(33)32-21-16-18-23(32)25(34)31-22(26(35)36)17-15-20-30-27(28)29/h22-23H,2-21H2,1H3,(H,31,34)(H,35,36)(H4,28,29,30)/t22-,23?/m0/s1. The number of hydrogen-bond donors (Lipinski definition) is 4. The molecule has 0 radical (unpaired) electrons. The highest BCUT2D eigenvalue weighted by molar-refractivity contribution is 5.90. The lowest BCUT2D eigenvalue weighted by Crippen LogP contribution is -2.50. The summed E-state index contributed by atoms with van der Waals surface area (Å²) < 4.78 is 0. The van der Waals surface area contributed by atoms with Crippen molar-refractivity contribution in [3.8, 4) is 0 Å². The number of likely N-dealkylation sites (tertiary alicyclic amines) is 1. The van der Waals surface area contributed by atoms with E-state index >= 15 is 0 Å². The Labute approximate surface area is 217 Å². The fourth-order valence-corrected chi connectivity index (χ4v) is 4.80. The lowest BCUT2D eigenvalue weighted by molar-refractivity contribution is -0.144. The summed E-state index contributed by atoms with van der Waals surface area (Å²) >= 11 is 0. The minimum Gasteiger partial charge on any atom is -0.480 e. The summed E-state index contributed by atoms with van der Waals surface area (Å²) in [5.41, 5.74) is 10.6. The monoisotopic (exact) mass is 509 g/mol. The number of carbonyl (C=O) groups excluding carboxylic acids is 2. The first-order valence-corrected chi connectivity index (χ1v) is 14.2. The Morgan fingerprint density at radius 2 is 1.47 bits per heavy atom. The van der Waals surface area contributed by atoms with Gasteiger partial charge in [-0.3, -0.25) is 14.6 Å². The first-order chi connectivity index (χ1) is 17.4. The molecule has 0 bridgehead atoms.